The maximum Gasteiger partial charge on any atom is 0.326 e. The maximum absolute atomic E-state index is 12.2. The molecule has 1 aromatic carbocycles. The summed E-state index contributed by atoms with van der Waals surface area (Å²) in [5, 5.41) is 23.8. The molecule has 0 saturated heterocycles. The van der Waals surface area contributed by atoms with Crippen LogP contribution in [0.1, 0.15) is 23.1 Å². The van der Waals surface area contributed by atoms with Gasteiger partial charge in [0.25, 0.3) is 5.91 Å². The second-order valence-electron chi connectivity index (χ2n) is 5.73. The summed E-state index contributed by atoms with van der Waals surface area (Å²) in [7, 11) is 0. The van der Waals surface area contributed by atoms with E-state index in [4.69, 9.17) is 5.11 Å². The Labute approximate surface area is 152 Å². The summed E-state index contributed by atoms with van der Waals surface area (Å²) in [6.07, 6.45) is 3.47. The Balaban J connectivity index is 2.90. The van der Waals surface area contributed by atoms with Crippen LogP contribution in [-0.4, -0.2) is 35.0 Å². The second-order valence-corrected chi connectivity index (χ2v) is 6.72. The van der Waals surface area contributed by atoms with Gasteiger partial charge in [0.05, 0.1) is 0 Å². The molecule has 3 N–H and O–H groups in total. The van der Waals surface area contributed by atoms with E-state index in [9.17, 15) is 14.9 Å². The van der Waals surface area contributed by atoms with E-state index in [0.29, 0.717) is 12.2 Å². The third kappa shape index (κ3) is 6.16. The zero-order valence-corrected chi connectivity index (χ0v) is 15.7. The second kappa shape index (κ2) is 9.74. The molecule has 7 heteroatoms. The molecule has 0 aliphatic heterocycles. The average molecular weight is 361 g/mol. The number of carboxylic acid groups (broad SMARTS) is 1. The van der Waals surface area contributed by atoms with Gasteiger partial charge in [-0.3, -0.25) is 4.79 Å². The zero-order chi connectivity index (χ0) is 19.0. The van der Waals surface area contributed by atoms with Gasteiger partial charge in [0.15, 0.2) is 0 Å². The average Bonchev–Trinajstić information content (AvgIpc) is 2.53. The number of carbonyl (C=O) groups is 2. The van der Waals surface area contributed by atoms with Gasteiger partial charge >= 0.3 is 5.97 Å². The molecule has 6 nitrogen and oxygen atoms in total. The summed E-state index contributed by atoms with van der Waals surface area (Å²) in [6, 6.07) is 4.79. The van der Waals surface area contributed by atoms with Crippen molar-refractivity contribution in [3.8, 4) is 6.07 Å². The van der Waals surface area contributed by atoms with Gasteiger partial charge in [-0.1, -0.05) is 17.7 Å². The number of nitriles is 1. The third-order valence-corrected chi connectivity index (χ3v) is 4.26. The SMILES string of the molecule is CSCCC(NC(=O)/C(C#N)=C\Nc1c(C)cc(C)cc1C)C(=O)O. The highest BCUT2D eigenvalue weighted by Crippen LogP contribution is 2.22. The predicted molar refractivity (Wildman–Crippen MR) is 101 cm³/mol. The van der Waals surface area contributed by atoms with Gasteiger partial charge < -0.3 is 15.7 Å². The normalized spacial score (nSPS) is 12.2. The Morgan fingerprint density at radius 1 is 1.32 bits per heavy atom. The standard InChI is InChI=1S/C18H23N3O3S/c1-11-7-12(2)16(13(3)8-11)20-10-14(9-19)17(22)21-15(18(23)24)5-6-25-4/h7-8,10,15,20H,5-6H2,1-4H3,(H,21,22)(H,23,24)/b14-10-. The maximum atomic E-state index is 12.2. The van der Waals surface area contributed by atoms with E-state index >= 15 is 0 Å². The topological polar surface area (TPSA) is 102 Å². The van der Waals surface area contributed by atoms with Crippen LogP contribution in [0, 0.1) is 32.1 Å². The number of hydrogen-bond donors (Lipinski definition) is 3. The number of amides is 1. The van der Waals surface area contributed by atoms with Crippen molar-refractivity contribution in [2.75, 3.05) is 17.3 Å². The van der Waals surface area contributed by atoms with Crippen molar-refractivity contribution in [3.05, 3.63) is 40.6 Å². The minimum absolute atomic E-state index is 0.172. The molecular formula is C18H23N3O3S. The molecule has 0 aliphatic rings. The molecule has 0 saturated carbocycles. The first-order valence-electron chi connectivity index (χ1n) is 7.77. The lowest BCUT2D eigenvalue weighted by Crippen LogP contribution is -2.41. The number of aliphatic carboxylic acids is 1. The van der Waals surface area contributed by atoms with Crippen LogP contribution in [0.25, 0.3) is 0 Å². The first-order valence-corrected chi connectivity index (χ1v) is 9.16. The highest BCUT2D eigenvalue weighted by molar-refractivity contribution is 7.98. The number of nitrogens with one attached hydrogen (secondary N) is 2. The number of carboxylic acids is 1. The van der Waals surface area contributed by atoms with E-state index in [-0.39, 0.29) is 5.57 Å². The van der Waals surface area contributed by atoms with Gasteiger partial charge in [-0.2, -0.15) is 17.0 Å². The molecule has 0 spiro atoms. The van der Waals surface area contributed by atoms with Gasteiger partial charge in [-0.05, 0) is 50.3 Å². The molecule has 25 heavy (non-hydrogen) atoms. The molecule has 0 aromatic heterocycles. The molecule has 1 amide bonds. The fraction of sp³-hybridized carbons (Fsp3) is 0.389. The van der Waals surface area contributed by atoms with Gasteiger partial charge in [-0.15, -0.1) is 0 Å². The van der Waals surface area contributed by atoms with E-state index in [2.05, 4.69) is 10.6 Å². The Morgan fingerprint density at radius 2 is 1.92 bits per heavy atom. The molecule has 0 aliphatic carbocycles. The minimum Gasteiger partial charge on any atom is -0.480 e. The molecule has 1 aromatic rings. The fourth-order valence-electron chi connectivity index (χ4n) is 2.43. The number of thioether (sulfide) groups is 1. The largest absolute Gasteiger partial charge is 0.480 e. The minimum atomic E-state index is -1.11. The van der Waals surface area contributed by atoms with E-state index in [1.165, 1.54) is 18.0 Å². The molecule has 0 heterocycles. The molecule has 0 bridgehead atoms. The van der Waals surface area contributed by atoms with Crippen molar-refractivity contribution in [3.63, 3.8) is 0 Å². The number of carbonyl (C=O) groups excluding carboxylic acids is 1. The Hall–Kier alpha value is -2.46. The molecular weight excluding hydrogens is 338 g/mol. The smallest absolute Gasteiger partial charge is 0.326 e. The quantitative estimate of drug-likeness (QED) is 0.486. The van der Waals surface area contributed by atoms with E-state index in [1.807, 2.05) is 45.2 Å². The molecule has 1 rings (SSSR count). The van der Waals surface area contributed by atoms with Gasteiger partial charge in [0, 0.05) is 11.9 Å². The number of benzene rings is 1. The first-order chi connectivity index (χ1) is 11.8. The van der Waals surface area contributed by atoms with Crippen LogP contribution in [0.15, 0.2) is 23.9 Å². The van der Waals surface area contributed by atoms with Crippen LogP contribution in [0.3, 0.4) is 0 Å². The lowest BCUT2D eigenvalue weighted by atomic mass is 10.1. The van der Waals surface area contributed by atoms with Crippen LogP contribution in [0.2, 0.25) is 0 Å². The van der Waals surface area contributed by atoms with Crippen molar-refractivity contribution in [2.24, 2.45) is 0 Å². The Kier molecular flexibility index (Phi) is 8.02. The lowest BCUT2D eigenvalue weighted by Gasteiger charge is -2.14. The number of anilines is 1. The summed E-state index contributed by atoms with van der Waals surface area (Å²) < 4.78 is 0. The molecule has 134 valence electrons. The number of rotatable bonds is 8. The van der Waals surface area contributed by atoms with Crippen molar-refractivity contribution in [1.82, 2.24) is 5.32 Å². The van der Waals surface area contributed by atoms with Crippen molar-refractivity contribution in [1.29, 1.82) is 5.26 Å². The van der Waals surface area contributed by atoms with Crippen molar-refractivity contribution < 1.29 is 14.7 Å². The van der Waals surface area contributed by atoms with Gasteiger partial charge in [0.2, 0.25) is 0 Å². The highest BCUT2D eigenvalue weighted by atomic mass is 32.2. The predicted octanol–water partition coefficient (Wildman–Crippen LogP) is 2.75. The number of nitrogens with zero attached hydrogens (tertiary/aromatic N) is 1. The molecule has 1 atom stereocenters. The van der Waals surface area contributed by atoms with Gasteiger partial charge in [-0.25, -0.2) is 4.79 Å². The molecule has 1 unspecified atom stereocenters. The van der Waals surface area contributed by atoms with Gasteiger partial charge in [0.1, 0.15) is 17.7 Å². The first kappa shape index (κ1) is 20.6. The summed E-state index contributed by atoms with van der Waals surface area (Å²) >= 11 is 1.49. The number of hydrogen-bond acceptors (Lipinski definition) is 5. The van der Waals surface area contributed by atoms with Crippen molar-refractivity contribution in [2.45, 2.75) is 33.2 Å². The van der Waals surface area contributed by atoms with Crippen LogP contribution < -0.4 is 10.6 Å². The number of aryl methyl sites for hydroxylation is 3. The third-order valence-electron chi connectivity index (χ3n) is 3.62. The van der Waals surface area contributed by atoms with E-state index in [0.717, 1.165) is 22.4 Å². The lowest BCUT2D eigenvalue weighted by molar-refractivity contribution is -0.141. The summed E-state index contributed by atoms with van der Waals surface area (Å²) in [5.41, 5.74) is 3.77. The fourth-order valence-corrected chi connectivity index (χ4v) is 2.90. The van der Waals surface area contributed by atoms with Crippen LogP contribution in [0.4, 0.5) is 5.69 Å². The van der Waals surface area contributed by atoms with Crippen LogP contribution in [0.5, 0.6) is 0 Å². The monoisotopic (exact) mass is 361 g/mol. The Morgan fingerprint density at radius 3 is 2.40 bits per heavy atom. The van der Waals surface area contributed by atoms with Crippen LogP contribution >= 0.6 is 11.8 Å². The highest BCUT2D eigenvalue weighted by Gasteiger charge is 2.21. The summed E-state index contributed by atoms with van der Waals surface area (Å²) in [6.45, 7) is 5.87. The van der Waals surface area contributed by atoms with E-state index in [1.54, 1.807) is 0 Å². The molecule has 0 radical (unpaired) electrons. The summed E-state index contributed by atoms with van der Waals surface area (Å²) in [5.74, 6) is -1.22. The zero-order valence-electron chi connectivity index (χ0n) is 14.8. The van der Waals surface area contributed by atoms with E-state index < -0.39 is 17.9 Å². The molecule has 0 fully saturated rings. The van der Waals surface area contributed by atoms with Crippen LogP contribution in [-0.2, 0) is 9.59 Å². The Bertz CT molecular complexity index is 700. The van der Waals surface area contributed by atoms with Crippen molar-refractivity contribution >= 4 is 29.3 Å². The summed E-state index contributed by atoms with van der Waals surface area (Å²) in [4.78, 5) is 23.4.